The van der Waals surface area contributed by atoms with Crippen molar-refractivity contribution in [3.63, 3.8) is 0 Å². The molecular weight excluding hydrogens is 265 g/mol. The second-order valence-corrected chi connectivity index (χ2v) is 5.83. The molecule has 0 amide bonds. The molecule has 0 saturated heterocycles. The van der Waals surface area contributed by atoms with E-state index in [1.54, 1.807) is 6.07 Å². The van der Waals surface area contributed by atoms with Gasteiger partial charge in [-0.2, -0.15) is 0 Å². The summed E-state index contributed by atoms with van der Waals surface area (Å²) in [5.74, 6) is 0.680. The number of alkyl halides is 1. The molecule has 1 heterocycles. The first-order chi connectivity index (χ1) is 8.86. The highest BCUT2D eigenvalue weighted by Gasteiger charge is 2.24. The van der Waals surface area contributed by atoms with Crippen molar-refractivity contribution in [2.24, 2.45) is 0 Å². The first-order valence-electron chi connectivity index (χ1n) is 6.24. The maximum Gasteiger partial charge on any atom is 0.151 e. The maximum absolute atomic E-state index is 13.8. The van der Waals surface area contributed by atoms with Gasteiger partial charge in [0.2, 0.25) is 0 Å². The summed E-state index contributed by atoms with van der Waals surface area (Å²) in [6.07, 6.45) is 0. The van der Waals surface area contributed by atoms with Gasteiger partial charge in [-0.05, 0) is 40.1 Å². The monoisotopic (exact) mass is 283 g/mol. The fourth-order valence-corrected chi connectivity index (χ4v) is 2.17. The number of rotatable bonds is 4. The van der Waals surface area contributed by atoms with Crippen LogP contribution in [0.3, 0.4) is 0 Å². The molecule has 2 aromatic rings. The van der Waals surface area contributed by atoms with E-state index in [2.05, 4.69) is 23.7 Å². The van der Waals surface area contributed by atoms with Gasteiger partial charge in [0.1, 0.15) is 11.3 Å². The summed E-state index contributed by atoms with van der Waals surface area (Å²) >= 11 is 5.94. The highest BCUT2D eigenvalue weighted by atomic mass is 35.5. The lowest BCUT2D eigenvalue weighted by atomic mass is 10.0. The number of fused-ring (bicyclic) bond motifs is 1. The van der Waals surface area contributed by atoms with Gasteiger partial charge < -0.3 is 9.47 Å². The second-order valence-electron chi connectivity index (χ2n) is 5.56. The molecule has 0 atom stereocenters. The van der Waals surface area contributed by atoms with Gasteiger partial charge in [0, 0.05) is 12.1 Å². The minimum Gasteiger partial charge on any atom is -0.325 e. The van der Waals surface area contributed by atoms with E-state index >= 15 is 0 Å². The van der Waals surface area contributed by atoms with E-state index in [1.807, 2.05) is 24.7 Å². The Morgan fingerprint density at radius 2 is 2.05 bits per heavy atom. The largest absolute Gasteiger partial charge is 0.325 e. The predicted octanol–water partition coefficient (Wildman–Crippen LogP) is 3.25. The van der Waals surface area contributed by atoms with E-state index in [1.165, 1.54) is 6.07 Å². The van der Waals surface area contributed by atoms with Crippen LogP contribution in [0, 0.1) is 5.82 Å². The van der Waals surface area contributed by atoms with Crippen molar-refractivity contribution < 1.29 is 4.39 Å². The highest BCUT2D eigenvalue weighted by Crippen LogP contribution is 2.24. The van der Waals surface area contributed by atoms with Crippen LogP contribution in [0.5, 0.6) is 0 Å². The molecule has 0 aliphatic heterocycles. The number of nitrogens with zero attached hydrogens (tertiary/aromatic N) is 3. The molecule has 5 heteroatoms. The van der Waals surface area contributed by atoms with Crippen LogP contribution in [0.4, 0.5) is 4.39 Å². The molecule has 0 aliphatic rings. The van der Waals surface area contributed by atoms with Gasteiger partial charge in [0.25, 0.3) is 0 Å². The van der Waals surface area contributed by atoms with Crippen molar-refractivity contribution >= 4 is 22.6 Å². The number of benzene rings is 1. The summed E-state index contributed by atoms with van der Waals surface area (Å²) < 4.78 is 15.8. The lowest BCUT2D eigenvalue weighted by Crippen LogP contribution is -2.42. The van der Waals surface area contributed by atoms with Crippen LogP contribution in [-0.4, -0.2) is 34.1 Å². The van der Waals surface area contributed by atoms with Crippen LogP contribution in [0.2, 0.25) is 0 Å². The number of hydrogen-bond acceptors (Lipinski definition) is 2. The second kappa shape index (κ2) is 5.10. The lowest BCUT2D eigenvalue weighted by molar-refractivity contribution is 0.170. The third kappa shape index (κ3) is 2.60. The third-order valence-electron chi connectivity index (χ3n) is 3.68. The lowest BCUT2D eigenvalue weighted by Gasteiger charge is -2.33. The smallest absolute Gasteiger partial charge is 0.151 e. The zero-order valence-electron chi connectivity index (χ0n) is 11.7. The van der Waals surface area contributed by atoms with Crippen molar-refractivity contribution in [1.29, 1.82) is 0 Å². The molecule has 1 aromatic heterocycles. The Morgan fingerprint density at radius 3 is 2.63 bits per heavy atom. The van der Waals surface area contributed by atoms with Crippen LogP contribution in [0.25, 0.3) is 11.0 Å². The van der Waals surface area contributed by atoms with Crippen LogP contribution in [0.15, 0.2) is 18.2 Å². The summed E-state index contributed by atoms with van der Waals surface area (Å²) in [7, 11) is 4.06. The number of hydrogen-bond donors (Lipinski definition) is 0. The van der Waals surface area contributed by atoms with E-state index in [0.717, 1.165) is 5.52 Å². The van der Waals surface area contributed by atoms with Crippen LogP contribution in [-0.2, 0) is 12.4 Å². The van der Waals surface area contributed by atoms with E-state index in [-0.39, 0.29) is 17.2 Å². The maximum atomic E-state index is 13.8. The van der Waals surface area contributed by atoms with Gasteiger partial charge in [-0.25, -0.2) is 9.37 Å². The molecule has 0 bridgehead atoms. The molecular formula is C14H19ClFN3. The average Bonchev–Trinajstić information content (AvgIpc) is 2.68. The summed E-state index contributed by atoms with van der Waals surface area (Å²) in [5, 5.41) is 0. The molecule has 0 aliphatic carbocycles. The van der Waals surface area contributed by atoms with Crippen LogP contribution in [0.1, 0.15) is 19.7 Å². The molecule has 0 radical (unpaired) electrons. The Labute approximate surface area is 118 Å². The summed E-state index contributed by atoms with van der Waals surface area (Å²) in [4.78, 5) is 6.45. The predicted molar refractivity (Wildman–Crippen MR) is 77.0 cm³/mol. The summed E-state index contributed by atoms with van der Waals surface area (Å²) in [5.41, 5.74) is 1.12. The Balaban J connectivity index is 2.56. The number of para-hydroxylation sites is 1. The quantitative estimate of drug-likeness (QED) is 0.803. The van der Waals surface area contributed by atoms with E-state index in [4.69, 9.17) is 11.6 Å². The normalized spacial score (nSPS) is 12.6. The Hall–Kier alpha value is -1.13. The van der Waals surface area contributed by atoms with Crippen molar-refractivity contribution in [3.8, 4) is 0 Å². The molecule has 0 fully saturated rings. The number of aromatic nitrogens is 2. The van der Waals surface area contributed by atoms with Crippen LogP contribution >= 0.6 is 11.6 Å². The van der Waals surface area contributed by atoms with Gasteiger partial charge in [-0.3, -0.25) is 0 Å². The zero-order chi connectivity index (χ0) is 14.2. The molecule has 104 valence electrons. The standard InChI is InChI=1S/C14H19ClFN3/c1-14(2,18(3)4)9-19-11-7-5-6-10(16)13(11)17-12(19)8-15/h5-7H,8-9H2,1-4H3. The number of likely N-dealkylation sites (N-methyl/N-ethyl adjacent to an activating group) is 1. The van der Waals surface area contributed by atoms with Gasteiger partial charge in [0.05, 0.1) is 11.4 Å². The van der Waals surface area contributed by atoms with Gasteiger partial charge >= 0.3 is 0 Å². The van der Waals surface area contributed by atoms with Crippen molar-refractivity contribution in [2.45, 2.75) is 31.8 Å². The fraction of sp³-hybridized carbons (Fsp3) is 0.500. The Kier molecular flexibility index (Phi) is 3.83. The summed E-state index contributed by atoms with van der Waals surface area (Å²) in [6, 6.07) is 5.01. The van der Waals surface area contributed by atoms with Crippen molar-refractivity contribution in [1.82, 2.24) is 14.5 Å². The van der Waals surface area contributed by atoms with E-state index < -0.39 is 0 Å². The molecule has 1 aromatic carbocycles. The number of halogens is 2. The van der Waals surface area contributed by atoms with Crippen molar-refractivity contribution in [3.05, 3.63) is 29.8 Å². The SMILES string of the molecule is CN(C)C(C)(C)Cn1c(CCl)nc2c(F)cccc21. The molecule has 0 N–H and O–H groups in total. The highest BCUT2D eigenvalue weighted by molar-refractivity contribution is 6.16. The van der Waals surface area contributed by atoms with Gasteiger partial charge in [-0.1, -0.05) is 6.07 Å². The molecule has 2 rings (SSSR count). The zero-order valence-corrected chi connectivity index (χ0v) is 12.5. The average molecular weight is 284 g/mol. The number of imidazole rings is 1. The molecule has 3 nitrogen and oxygen atoms in total. The third-order valence-corrected chi connectivity index (χ3v) is 3.92. The first kappa shape index (κ1) is 14.3. The molecule has 19 heavy (non-hydrogen) atoms. The first-order valence-corrected chi connectivity index (χ1v) is 6.77. The topological polar surface area (TPSA) is 21.1 Å². The fourth-order valence-electron chi connectivity index (χ4n) is 1.97. The Morgan fingerprint density at radius 1 is 1.37 bits per heavy atom. The molecule has 0 unspecified atom stereocenters. The van der Waals surface area contributed by atoms with Gasteiger partial charge in [-0.15, -0.1) is 11.6 Å². The molecule has 0 spiro atoms. The van der Waals surface area contributed by atoms with Crippen LogP contribution < -0.4 is 0 Å². The van der Waals surface area contributed by atoms with Gasteiger partial charge in [0.15, 0.2) is 5.82 Å². The Bertz CT molecular complexity index is 590. The summed E-state index contributed by atoms with van der Waals surface area (Å²) in [6.45, 7) is 4.98. The molecule has 0 saturated carbocycles. The minimum atomic E-state index is -0.301. The van der Waals surface area contributed by atoms with Crippen molar-refractivity contribution in [2.75, 3.05) is 14.1 Å². The minimum absolute atomic E-state index is 0.0687. The van der Waals surface area contributed by atoms with E-state index in [9.17, 15) is 4.39 Å². The van der Waals surface area contributed by atoms with E-state index in [0.29, 0.717) is 17.9 Å².